The highest BCUT2D eigenvalue weighted by atomic mass is 16.6. The van der Waals surface area contributed by atoms with Crippen LogP contribution in [0.25, 0.3) is 0 Å². The van der Waals surface area contributed by atoms with Gasteiger partial charge >= 0.3 is 0 Å². The number of unbranched alkanes of at least 4 members (excludes halogenated alkanes) is 2. The van der Waals surface area contributed by atoms with Gasteiger partial charge in [0.1, 0.15) is 0 Å². The van der Waals surface area contributed by atoms with Crippen molar-refractivity contribution in [3.8, 4) is 0 Å². The number of hydrogen-bond donors (Lipinski definition) is 1. The van der Waals surface area contributed by atoms with Gasteiger partial charge in [0.2, 0.25) is 0 Å². The molecule has 1 saturated heterocycles. The van der Waals surface area contributed by atoms with Crippen molar-refractivity contribution >= 4 is 0 Å². The van der Waals surface area contributed by atoms with Crippen LogP contribution in [0.1, 0.15) is 26.2 Å². The summed E-state index contributed by atoms with van der Waals surface area (Å²) < 4.78 is 4.50. The molecule has 56 valence electrons. The van der Waals surface area contributed by atoms with Crippen molar-refractivity contribution in [2.75, 3.05) is 19.8 Å². The lowest BCUT2D eigenvalue weighted by molar-refractivity contribution is 0.475. The summed E-state index contributed by atoms with van der Waals surface area (Å²) in [6.07, 6.45) is 3.75. The van der Waals surface area contributed by atoms with Crippen molar-refractivity contribution in [1.29, 1.82) is 0 Å². The van der Waals surface area contributed by atoms with E-state index in [9.17, 15) is 0 Å². The fraction of sp³-hybridized carbons (Fsp3) is 1.00. The van der Waals surface area contributed by atoms with Gasteiger partial charge in [0.25, 0.3) is 0 Å². The minimum absolute atomic E-state index is 0.855. The lowest BCUT2D eigenvalue weighted by Crippen LogP contribution is -1.96. The molecule has 0 aromatic carbocycles. The molecule has 2 nitrogen and oxygen atoms in total. The summed E-state index contributed by atoms with van der Waals surface area (Å²) in [5.41, 5.74) is 5.21. The number of epoxide rings is 1. The van der Waals surface area contributed by atoms with Gasteiger partial charge in [0.05, 0.1) is 13.2 Å². The van der Waals surface area contributed by atoms with E-state index >= 15 is 0 Å². The molecule has 0 radical (unpaired) electrons. The average Bonchev–Trinajstić information content (AvgIpc) is 2.67. The van der Waals surface area contributed by atoms with Crippen LogP contribution in [0.3, 0.4) is 0 Å². The summed E-state index contributed by atoms with van der Waals surface area (Å²) in [5.74, 6) is 0. The van der Waals surface area contributed by atoms with Gasteiger partial charge in [0.15, 0.2) is 0 Å². The Labute approximate surface area is 57.4 Å². The van der Waals surface area contributed by atoms with Crippen LogP contribution in [-0.4, -0.2) is 19.8 Å². The Morgan fingerprint density at radius 3 is 2.00 bits per heavy atom. The highest BCUT2D eigenvalue weighted by Crippen LogP contribution is 1.88. The predicted octanol–water partition coefficient (Wildman–Crippen LogP) is 1.15. The summed E-state index contributed by atoms with van der Waals surface area (Å²) in [5, 5.41) is 0. The molecule has 9 heavy (non-hydrogen) atoms. The smallest absolute Gasteiger partial charge is 0.0701 e. The summed E-state index contributed by atoms with van der Waals surface area (Å²) in [4.78, 5) is 0. The van der Waals surface area contributed by atoms with E-state index in [4.69, 9.17) is 5.73 Å². The molecule has 1 aliphatic rings. The van der Waals surface area contributed by atoms with E-state index in [1.807, 2.05) is 0 Å². The molecule has 1 fully saturated rings. The molecule has 0 amide bonds. The van der Waals surface area contributed by atoms with Crippen LogP contribution in [0, 0.1) is 0 Å². The van der Waals surface area contributed by atoms with E-state index < -0.39 is 0 Å². The fourth-order valence-corrected chi connectivity index (χ4v) is 0.394. The molecule has 2 heteroatoms. The Morgan fingerprint density at radius 1 is 1.33 bits per heavy atom. The van der Waals surface area contributed by atoms with E-state index in [2.05, 4.69) is 11.7 Å². The molecule has 1 heterocycles. The van der Waals surface area contributed by atoms with Crippen molar-refractivity contribution < 1.29 is 4.74 Å². The molecular weight excluding hydrogens is 114 g/mol. The van der Waals surface area contributed by atoms with Crippen LogP contribution in [0.5, 0.6) is 0 Å². The van der Waals surface area contributed by atoms with Crippen LogP contribution >= 0.6 is 0 Å². The minimum atomic E-state index is 0.855. The first-order chi connectivity index (χ1) is 4.41. The zero-order valence-corrected chi connectivity index (χ0v) is 6.23. The third-order valence-corrected chi connectivity index (χ3v) is 1.01. The summed E-state index contributed by atoms with van der Waals surface area (Å²) in [6.45, 7) is 5.03. The molecule has 1 aliphatic heterocycles. The maximum absolute atomic E-state index is 5.21. The van der Waals surface area contributed by atoms with Gasteiger partial charge < -0.3 is 10.5 Å². The van der Waals surface area contributed by atoms with Crippen LogP contribution in [-0.2, 0) is 4.74 Å². The molecule has 0 spiro atoms. The molecule has 0 aliphatic carbocycles. The second-order valence-corrected chi connectivity index (χ2v) is 2.11. The Balaban J connectivity index is 0.000000173. The largest absolute Gasteiger partial charge is 0.377 e. The van der Waals surface area contributed by atoms with Gasteiger partial charge in [-0.15, -0.1) is 0 Å². The Hall–Kier alpha value is -0.0800. The van der Waals surface area contributed by atoms with Gasteiger partial charge in [-0.1, -0.05) is 19.8 Å². The standard InChI is InChI=1S/C5H13N.C2H4O/c1-2-3-4-5-6;1-2-3-1/h2-6H2,1H3;1-2H2. The maximum atomic E-state index is 5.21. The topological polar surface area (TPSA) is 38.5 Å². The lowest BCUT2D eigenvalue weighted by Gasteiger charge is -1.86. The molecule has 0 aromatic heterocycles. The van der Waals surface area contributed by atoms with Gasteiger partial charge in [-0.3, -0.25) is 0 Å². The first kappa shape index (κ1) is 8.92. The normalized spacial score (nSPS) is 14.0. The van der Waals surface area contributed by atoms with Crippen molar-refractivity contribution in [1.82, 2.24) is 0 Å². The molecule has 0 saturated carbocycles. The minimum Gasteiger partial charge on any atom is -0.377 e. The number of nitrogens with two attached hydrogens (primary N) is 1. The molecule has 0 aromatic rings. The van der Waals surface area contributed by atoms with Crippen molar-refractivity contribution in [2.45, 2.75) is 26.2 Å². The lowest BCUT2D eigenvalue weighted by atomic mass is 10.3. The second kappa shape index (κ2) is 7.92. The highest BCUT2D eigenvalue weighted by Gasteiger charge is 1.94. The van der Waals surface area contributed by atoms with Crippen LogP contribution in [0.15, 0.2) is 0 Å². The van der Waals surface area contributed by atoms with Crippen LogP contribution < -0.4 is 5.73 Å². The summed E-state index contributed by atoms with van der Waals surface area (Å²) >= 11 is 0. The van der Waals surface area contributed by atoms with Crippen LogP contribution in [0.2, 0.25) is 0 Å². The molecule has 0 bridgehead atoms. The zero-order valence-electron chi connectivity index (χ0n) is 6.23. The Bertz CT molecular complexity index is 39.4. The molecule has 1 rings (SSSR count). The van der Waals surface area contributed by atoms with E-state index in [0.717, 1.165) is 19.8 Å². The first-order valence-electron chi connectivity index (χ1n) is 3.69. The fourth-order valence-electron chi connectivity index (χ4n) is 0.394. The average molecular weight is 131 g/mol. The third-order valence-electron chi connectivity index (χ3n) is 1.01. The van der Waals surface area contributed by atoms with Crippen molar-refractivity contribution in [3.05, 3.63) is 0 Å². The molecular formula is C7H17NO. The third kappa shape index (κ3) is 18.1. The van der Waals surface area contributed by atoms with Gasteiger partial charge in [-0.25, -0.2) is 0 Å². The Morgan fingerprint density at radius 2 is 1.89 bits per heavy atom. The Kier molecular flexibility index (Phi) is 7.85. The first-order valence-corrected chi connectivity index (χ1v) is 3.69. The molecule has 2 N–H and O–H groups in total. The quantitative estimate of drug-likeness (QED) is 0.461. The number of hydrogen-bond acceptors (Lipinski definition) is 2. The van der Waals surface area contributed by atoms with E-state index in [0.29, 0.717) is 0 Å². The van der Waals surface area contributed by atoms with Gasteiger partial charge in [0, 0.05) is 0 Å². The second-order valence-electron chi connectivity index (χ2n) is 2.11. The SMILES string of the molecule is C1CO1.CCCCCN. The van der Waals surface area contributed by atoms with Gasteiger partial charge in [-0.05, 0) is 13.0 Å². The number of ether oxygens (including phenoxy) is 1. The van der Waals surface area contributed by atoms with E-state index in [1.165, 1.54) is 19.3 Å². The summed E-state index contributed by atoms with van der Waals surface area (Å²) in [7, 11) is 0. The van der Waals surface area contributed by atoms with Crippen LogP contribution in [0.4, 0.5) is 0 Å². The zero-order chi connectivity index (χ0) is 6.95. The molecule has 0 atom stereocenters. The monoisotopic (exact) mass is 131 g/mol. The van der Waals surface area contributed by atoms with Crippen molar-refractivity contribution in [3.63, 3.8) is 0 Å². The maximum Gasteiger partial charge on any atom is 0.0701 e. The highest BCUT2D eigenvalue weighted by molar-refractivity contribution is 4.36. The molecule has 0 unspecified atom stereocenters. The summed E-state index contributed by atoms with van der Waals surface area (Å²) in [6, 6.07) is 0. The van der Waals surface area contributed by atoms with Gasteiger partial charge in [-0.2, -0.15) is 0 Å². The number of rotatable bonds is 3. The van der Waals surface area contributed by atoms with E-state index in [1.54, 1.807) is 0 Å². The van der Waals surface area contributed by atoms with E-state index in [-0.39, 0.29) is 0 Å². The van der Waals surface area contributed by atoms with Crippen molar-refractivity contribution in [2.24, 2.45) is 5.73 Å². The predicted molar refractivity (Wildman–Crippen MR) is 39.4 cm³/mol.